The van der Waals surface area contributed by atoms with Crippen LogP contribution in [0.25, 0.3) is 22.6 Å². The Labute approximate surface area is 131 Å². The highest BCUT2D eigenvalue weighted by Gasteiger charge is 2.49. The molecule has 24 heavy (non-hydrogen) atoms. The number of hydrogen-bond donors (Lipinski definition) is 0. The van der Waals surface area contributed by atoms with E-state index in [4.69, 9.17) is 4.42 Å². The molecule has 0 aliphatic heterocycles. The molecule has 126 valence electrons. The number of halogens is 3. The lowest BCUT2D eigenvalue weighted by atomic mass is 10.3. The third-order valence-electron chi connectivity index (χ3n) is 2.81. The fourth-order valence-electron chi connectivity index (χ4n) is 1.81. The lowest BCUT2D eigenvalue weighted by Gasteiger charge is -2.09. The molecule has 0 aliphatic carbocycles. The predicted octanol–water partition coefficient (Wildman–Crippen LogP) is 1.75. The Morgan fingerprint density at radius 2 is 1.92 bits per heavy atom. The van der Waals surface area contributed by atoms with Crippen LogP contribution in [0.2, 0.25) is 0 Å². The monoisotopic (exact) mass is 361 g/mol. The largest absolute Gasteiger partial charge is 0.619 e. The Balaban J connectivity index is 2.25. The summed E-state index contributed by atoms with van der Waals surface area (Å²) in [5, 5.41) is 11.1. The number of pyridine rings is 1. The Kier molecular flexibility index (Phi) is 3.55. The van der Waals surface area contributed by atoms with Crippen molar-refractivity contribution in [3.63, 3.8) is 0 Å². The Hall–Kier alpha value is -2.89. The first-order chi connectivity index (χ1) is 11.2. The molecule has 0 fully saturated rings. The fraction of sp³-hybridized carbons (Fsp3) is 0.0833. The average Bonchev–Trinajstić information content (AvgIpc) is 2.84. The van der Waals surface area contributed by atoms with Crippen molar-refractivity contribution < 1.29 is 34.9 Å². The maximum absolute atomic E-state index is 12.6. The van der Waals surface area contributed by atoms with E-state index >= 15 is 0 Å². The van der Waals surface area contributed by atoms with Crippen LogP contribution in [0.4, 0.5) is 13.2 Å². The van der Waals surface area contributed by atoms with Gasteiger partial charge in [-0.15, -0.1) is 0 Å². The van der Waals surface area contributed by atoms with Gasteiger partial charge in [0, 0.05) is 18.5 Å². The molecule has 0 unspecified atom stereocenters. The molecular formula is C12H6F3N3O5S. The summed E-state index contributed by atoms with van der Waals surface area (Å²) in [6, 6.07) is 2.49. The molecule has 0 amide bonds. The predicted molar refractivity (Wildman–Crippen MR) is 71.8 cm³/mol. The van der Waals surface area contributed by atoms with Crippen molar-refractivity contribution in [1.82, 2.24) is 9.97 Å². The van der Waals surface area contributed by atoms with E-state index in [0.29, 0.717) is 4.73 Å². The van der Waals surface area contributed by atoms with Gasteiger partial charge in [-0.3, -0.25) is 0 Å². The number of rotatable bonds is 3. The quantitative estimate of drug-likeness (QED) is 0.302. The number of hydrogen-bond acceptors (Lipinski definition) is 7. The standard InChI is InChI=1S/C12H6F3N3O5S/c13-12(14,15)24(20,21)23-9-7-2-5-18(19)6-8(7)22-10(9)11-16-3-1-4-17-11/h1-6H. The summed E-state index contributed by atoms with van der Waals surface area (Å²) in [6.45, 7) is 0. The number of alkyl halides is 3. The number of furan rings is 1. The van der Waals surface area contributed by atoms with Gasteiger partial charge in [0.05, 0.1) is 5.39 Å². The SMILES string of the molecule is O=S(=O)(Oc1c(-c2ncccn2)oc2c[n+]([O-])ccc12)C(F)(F)F. The molecule has 3 aromatic rings. The van der Waals surface area contributed by atoms with E-state index in [1.165, 1.54) is 18.5 Å². The van der Waals surface area contributed by atoms with E-state index in [1.54, 1.807) is 0 Å². The van der Waals surface area contributed by atoms with Gasteiger partial charge in [-0.1, -0.05) is 0 Å². The molecule has 0 saturated carbocycles. The van der Waals surface area contributed by atoms with Gasteiger partial charge in [-0.05, 0) is 6.07 Å². The number of fused-ring (bicyclic) bond motifs is 1. The number of nitrogens with zero attached hydrogens (tertiary/aromatic N) is 3. The van der Waals surface area contributed by atoms with Gasteiger partial charge >= 0.3 is 15.6 Å². The van der Waals surface area contributed by atoms with E-state index in [9.17, 15) is 26.8 Å². The second-order valence-electron chi connectivity index (χ2n) is 4.40. The zero-order valence-electron chi connectivity index (χ0n) is 11.4. The lowest BCUT2D eigenvalue weighted by Crippen LogP contribution is -2.28. The Morgan fingerprint density at radius 1 is 1.25 bits per heavy atom. The molecule has 0 aliphatic rings. The molecule has 0 N–H and O–H groups in total. The third-order valence-corrected chi connectivity index (χ3v) is 3.76. The van der Waals surface area contributed by atoms with Gasteiger partial charge in [0.15, 0.2) is 12.0 Å². The summed E-state index contributed by atoms with van der Waals surface area (Å²) >= 11 is 0. The van der Waals surface area contributed by atoms with Gasteiger partial charge in [0.2, 0.25) is 23.3 Å². The van der Waals surface area contributed by atoms with Crippen LogP contribution < -0.4 is 8.91 Å². The van der Waals surface area contributed by atoms with E-state index in [2.05, 4.69) is 14.2 Å². The van der Waals surface area contributed by atoms with Crippen molar-refractivity contribution in [1.29, 1.82) is 0 Å². The first-order valence-electron chi connectivity index (χ1n) is 6.12. The van der Waals surface area contributed by atoms with E-state index in [0.717, 1.165) is 18.5 Å². The maximum atomic E-state index is 12.6. The zero-order valence-corrected chi connectivity index (χ0v) is 12.2. The molecule has 0 atom stereocenters. The van der Waals surface area contributed by atoms with Crippen LogP contribution in [0, 0.1) is 5.21 Å². The van der Waals surface area contributed by atoms with Crippen molar-refractivity contribution in [3.8, 4) is 17.3 Å². The van der Waals surface area contributed by atoms with E-state index in [-0.39, 0.29) is 16.8 Å². The molecule has 0 bridgehead atoms. The molecular weight excluding hydrogens is 355 g/mol. The van der Waals surface area contributed by atoms with Crippen LogP contribution in [-0.4, -0.2) is 23.9 Å². The van der Waals surface area contributed by atoms with E-state index < -0.39 is 27.1 Å². The minimum Gasteiger partial charge on any atom is -0.619 e. The smallest absolute Gasteiger partial charge is 0.534 e. The van der Waals surface area contributed by atoms with Crippen LogP contribution in [0.5, 0.6) is 5.75 Å². The van der Waals surface area contributed by atoms with Crippen molar-refractivity contribution in [2.45, 2.75) is 5.51 Å². The first-order valence-corrected chi connectivity index (χ1v) is 7.53. The second kappa shape index (κ2) is 5.33. The second-order valence-corrected chi connectivity index (χ2v) is 5.94. The lowest BCUT2D eigenvalue weighted by molar-refractivity contribution is -0.604. The highest BCUT2D eigenvalue weighted by Crippen LogP contribution is 2.40. The summed E-state index contributed by atoms with van der Waals surface area (Å²) in [5.74, 6) is -1.42. The zero-order chi connectivity index (χ0) is 17.5. The van der Waals surface area contributed by atoms with Gasteiger partial charge in [0.1, 0.15) is 0 Å². The van der Waals surface area contributed by atoms with Gasteiger partial charge in [0.25, 0.3) is 0 Å². The highest BCUT2D eigenvalue weighted by molar-refractivity contribution is 7.88. The van der Waals surface area contributed by atoms with Crippen molar-refractivity contribution in [3.05, 3.63) is 42.1 Å². The van der Waals surface area contributed by atoms with Crippen molar-refractivity contribution in [2.75, 3.05) is 0 Å². The fourth-order valence-corrected chi connectivity index (χ4v) is 2.29. The van der Waals surface area contributed by atoms with Crippen LogP contribution in [0.3, 0.4) is 0 Å². The molecule has 3 heterocycles. The molecule has 8 nitrogen and oxygen atoms in total. The van der Waals surface area contributed by atoms with E-state index in [1.807, 2.05) is 0 Å². The summed E-state index contributed by atoms with van der Waals surface area (Å²) < 4.78 is 70.2. The van der Waals surface area contributed by atoms with Crippen molar-refractivity contribution >= 4 is 21.1 Å². The minimum absolute atomic E-state index is 0.155. The van der Waals surface area contributed by atoms with Gasteiger partial charge in [-0.2, -0.15) is 26.3 Å². The Morgan fingerprint density at radius 3 is 2.54 bits per heavy atom. The third kappa shape index (κ3) is 2.71. The topological polar surface area (TPSA) is 109 Å². The van der Waals surface area contributed by atoms with Crippen LogP contribution in [-0.2, 0) is 10.1 Å². The van der Waals surface area contributed by atoms with Gasteiger partial charge < -0.3 is 13.8 Å². The normalized spacial score (nSPS) is 12.5. The first kappa shape index (κ1) is 16.0. The van der Waals surface area contributed by atoms with Crippen LogP contribution in [0.15, 0.2) is 41.3 Å². The van der Waals surface area contributed by atoms with Crippen LogP contribution in [0.1, 0.15) is 0 Å². The summed E-state index contributed by atoms with van der Waals surface area (Å²) in [4.78, 5) is 7.55. The summed E-state index contributed by atoms with van der Waals surface area (Å²) in [7, 11) is -5.95. The Bertz CT molecular complexity index is 1000. The molecule has 0 aromatic carbocycles. The van der Waals surface area contributed by atoms with Crippen molar-refractivity contribution in [2.24, 2.45) is 0 Å². The molecule has 3 rings (SSSR count). The molecule has 3 aromatic heterocycles. The summed E-state index contributed by atoms with van der Waals surface area (Å²) in [5.41, 5.74) is -5.83. The number of aromatic nitrogens is 3. The molecule has 0 radical (unpaired) electrons. The molecule has 12 heteroatoms. The summed E-state index contributed by atoms with van der Waals surface area (Å²) in [6.07, 6.45) is 4.38. The minimum atomic E-state index is -5.95. The van der Waals surface area contributed by atoms with Crippen LogP contribution >= 0.6 is 0 Å². The van der Waals surface area contributed by atoms with Gasteiger partial charge in [-0.25, -0.2) is 9.97 Å². The highest BCUT2D eigenvalue weighted by atomic mass is 32.2. The maximum Gasteiger partial charge on any atom is 0.534 e. The molecule has 0 saturated heterocycles. The average molecular weight is 361 g/mol. The molecule has 0 spiro atoms.